The second-order valence-electron chi connectivity index (χ2n) is 26.0. The number of hydrogen-bond donors (Lipinski definition) is 14. The van der Waals surface area contributed by atoms with Crippen molar-refractivity contribution in [2.75, 3.05) is 19.8 Å². The van der Waals surface area contributed by atoms with Crippen LogP contribution in [0.15, 0.2) is 11.6 Å². The molecular formula is C53H84O24. The highest BCUT2D eigenvalue weighted by Crippen LogP contribution is 2.76. The maximum Gasteiger partial charge on any atom is 0.335 e. The molecule has 28 atom stereocenters. The number of aliphatic carboxylic acids is 2. The molecule has 24 nitrogen and oxygen atoms in total. The molecule has 4 aliphatic heterocycles. The Morgan fingerprint density at radius 1 is 0.584 bits per heavy atom. The van der Waals surface area contributed by atoms with E-state index in [4.69, 9.17) is 37.9 Å². The van der Waals surface area contributed by atoms with E-state index in [2.05, 4.69) is 40.7 Å². The summed E-state index contributed by atoms with van der Waals surface area (Å²) in [6.45, 7) is 12.9. The van der Waals surface area contributed by atoms with Crippen molar-refractivity contribution in [3.63, 3.8) is 0 Å². The first-order valence-corrected chi connectivity index (χ1v) is 27.3. The van der Waals surface area contributed by atoms with Crippen LogP contribution >= 0.6 is 0 Å². The lowest BCUT2D eigenvalue weighted by atomic mass is 9.33. The number of aliphatic hydroxyl groups excluding tert-OH is 12. The molecule has 0 aromatic heterocycles. The average molecular weight is 1110 g/mol. The first kappa shape index (κ1) is 59.5. The van der Waals surface area contributed by atoms with Gasteiger partial charge in [-0.3, -0.25) is 4.79 Å². The van der Waals surface area contributed by atoms with Crippen LogP contribution < -0.4 is 0 Å². The van der Waals surface area contributed by atoms with Crippen molar-refractivity contribution in [3.8, 4) is 0 Å². The second-order valence-corrected chi connectivity index (χ2v) is 26.0. The number of aliphatic hydroxyl groups is 12. The predicted molar refractivity (Wildman–Crippen MR) is 259 cm³/mol. The van der Waals surface area contributed by atoms with Crippen LogP contribution in [0, 0.1) is 50.2 Å². The highest BCUT2D eigenvalue weighted by Gasteiger charge is 2.71. The summed E-state index contributed by atoms with van der Waals surface area (Å²) in [6.07, 6.45) is -29.6. The lowest BCUT2D eigenvalue weighted by molar-refractivity contribution is -0.389. The zero-order valence-electron chi connectivity index (χ0n) is 44.8. The van der Waals surface area contributed by atoms with Gasteiger partial charge >= 0.3 is 11.9 Å². The van der Waals surface area contributed by atoms with E-state index in [1.165, 1.54) is 5.57 Å². The van der Waals surface area contributed by atoms with Crippen LogP contribution in [-0.2, 0) is 47.5 Å². The number of carboxylic acid groups (broad SMARTS) is 2. The SMILES string of the molecule is CC1(C)CC[C@]2(C(=O)O)CC[C@]3(C)C(=CC[C@@H]4[C@@]5(C)C[C@H](O)[C@H](O[C@@H]6O[C@H](C(=O)O)[C@@H](O)[C@H](O[C@@H]7O[C@H](CO)[C@H](O[C@@H]8O[C@H](CO)[C@H](O)[C@H](O[C@@H]9OC[C@@H](O)[C@H](O)[C@H]9O)[C@H]8O)[C@H](O)[C@H]7O)[C@H]6O)C(C)(C)[C@@H]5CC[C@]43C)[C@@H]2C1. The normalized spacial score (nSPS) is 53.4. The van der Waals surface area contributed by atoms with E-state index in [1.54, 1.807) is 0 Å². The van der Waals surface area contributed by atoms with E-state index in [-0.39, 0.29) is 40.4 Å². The van der Waals surface area contributed by atoms with Crippen LogP contribution in [0.3, 0.4) is 0 Å². The molecule has 440 valence electrons. The van der Waals surface area contributed by atoms with Crippen molar-refractivity contribution < 1.29 is 119 Å². The summed E-state index contributed by atoms with van der Waals surface area (Å²) < 4.78 is 46.2. The lowest BCUT2D eigenvalue weighted by Gasteiger charge is -2.71. The number of rotatable bonds is 12. The molecular weight excluding hydrogens is 1020 g/mol. The minimum atomic E-state index is -2.16. The number of allylic oxidation sites excluding steroid dienone is 2. The molecule has 24 heteroatoms. The molecule has 9 rings (SSSR count). The third-order valence-electron chi connectivity index (χ3n) is 21.0. The van der Waals surface area contributed by atoms with Gasteiger partial charge in [-0.25, -0.2) is 4.79 Å². The van der Waals surface area contributed by atoms with Gasteiger partial charge in [-0.1, -0.05) is 60.1 Å². The Labute approximate surface area is 446 Å². The Morgan fingerprint density at radius 2 is 1.16 bits per heavy atom. The molecule has 0 bridgehead atoms. The van der Waals surface area contributed by atoms with E-state index in [9.17, 15) is 81.1 Å². The Bertz CT molecular complexity index is 2180. The first-order chi connectivity index (χ1) is 35.9. The monoisotopic (exact) mass is 1100 g/mol. The van der Waals surface area contributed by atoms with Crippen LogP contribution in [0.5, 0.6) is 0 Å². The van der Waals surface area contributed by atoms with Crippen LogP contribution in [0.2, 0.25) is 0 Å². The van der Waals surface area contributed by atoms with Crippen LogP contribution in [0.25, 0.3) is 0 Å². The lowest BCUT2D eigenvalue weighted by Crippen LogP contribution is -2.69. The highest BCUT2D eigenvalue weighted by molar-refractivity contribution is 5.76. The first-order valence-electron chi connectivity index (χ1n) is 27.3. The summed E-state index contributed by atoms with van der Waals surface area (Å²) in [7, 11) is 0. The molecule has 0 aromatic carbocycles. The fourth-order valence-electron chi connectivity index (χ4n) is 16.5. The molecule has 0 spiro atoms. The molecule has 0 aromatic rings. The maximum atomic E-state index is 13.2. The summed E-state index contributed by atoms with van der Waals surface area (Å²) in [5.74, 6) is -2.48. The third-order valence-corrected chi connectivity index (χ3v) is 21.0. The average Bonchev–Trinajstić information content (AvgIpc) is 3.53. The van der Waals surface area contributed by atoms with Crippen LogP contribution in [0.1, 0.15) is 106 Å². The minimum absolute atomic E-state index is 0.00391. The molecule has 0 amide bonds. The molecule has 77 heavy (non-hydrogen) atoms. The standard InChI is InChI=1S/C53H84O24/c1-48(2)12-14-53(47(68)69)15-13-51(6)21(22(53)16-48)8-9-28-50(5)17-23(56)41(49(3,4)27(50)10-11-52(28,51)7)77-46-36(65)39(34(63)40(76-46)42(66)67)75-44-33(62)31(60)37(26(19-55)72-44)73-45-35(64)38(30(59)25(18-54)71-45)74-43-32(61)29(58)24(57)20-70-43/h8,22-41,43-46,54-65H,9-20H2,1-7H3,(H,66,67)(H,68,69)/t22-,23-,24+,25+,26+,27-,28+,29-,30-,31+,32+,33+,34-,35+,36+,37-,38-,39-,40-,41-,43-,44-,45-,46-,50-,51+,52+,53-/m0/s1. The number of carboxylic acids is 2. The van der Waals surface area contributed by atoms with E-state index < -0.39 is 177 Å². The van der Waals surface area contributed by atoms with Gasteiger partial charge in [0.2, 0.25) is 0 Å². The van der Waals surface area contributed by atoms with Gasteiger partial charge in [0.15, 0.2) is 31.3 Å². The Morgan fingerprint density at radius 3 is 1.79 bits per heavy atom. The predicted octanol–water partition coefficient (Wildman–Crippen LogP) is -1.77. The molecule has 8 fully saturated rings. The summed E-state index contributed by atoms with van der Waals surface area (Å²) in [5, 5.41) is 153. The summed E-state index contributed by atoms with van der Waals surface area (Å²) in [5.41, 5.74) is -1.40. The smallest absolute Gasteiger partial charge is 0.335 e. The van der Waals surface area contributed by atoms with E-state index in [0.717, 1.165) is 32.1 Å². The van der Waals surface area contributed by atoms with Crippen LogP contribution in [0.4, 0.5) is 0 Å². The topological polar surface area (TPSA) is 391 Å². The zero-order valence-corrected chi connectivity index (χ0v) is 44.8. The van der Waals surface area contributed by atoms with Gasteiger partial charge in [0.1, 0.15) is 85.5 Å². The van der Waals surface area contributed by atoms with Crippen molar-refractivity contribution in [1.82, 2.24) is 0 Å². The van der Waals surface area contributed by atoms with Gasteiger partial charge in [-0.15, -0.1) is 0 Å². The minimum Gasteiger partial charge on any atom is -0.481 e. The van der Waals surface area contributed by atoms with Gasteiger partial charge < -0.3 is 109 Å². The molecule has 4 heterocycles. The van der Waals surface area contributed by atoms with Gasteiger partial charge in [0, 0.05) is 0 Å². The van der Waals surface area contributed by atoms with Crippen molar-refractivity contribution in [3.05, 3.63) is 11.6 Å². The number of hydrogen-bond acceptors (Lipinski definition) is 22. The number of fused-ring (bicyclic) bond motifs is 7. The molecule has 4 saturated carbocycles. The summed E-state index contributed by atoms with van der Waals surface area (Å²) >= 11 is 0. The molecule has 0 unspecified atom stereocenters. The van der Waals surface area contributed by atoms with Crippen molar-refractivity contribution in [1.29, 1.82) is 0 Å². The largest absolute Gasteiger partial charge is 0.481 e. The van der Waals surface area contributed by atoms with Gasteiger partial charge in [0.25, 0.3) is 0 Å². The number of carbonyl (C=O) groups is 2. The van der Waals surface area contributed by atoms with Gasteiger partial charge in [-0.2, -0.15) is 0 Å². The van der Waals surface area contributed by atoms with Crippen molar-refractivity contribution in [2.24, 2.45) is 50.2 Å². The molecule has 0 radical (unpaired) electrons. The highest BCUT2D eigenvalue weighted by atomic mass is 16.8. The fourth-order valence-corrected chi connectivity index (χ4v) is 16.5. The molecule has 9 aliphatic rings. The van der Waals surface area contributed by atoms with Gasteiger partial charge in [0.05, 0.1) is 37.4 Å². The van der Waals surface area contributed by atoms with Crippen molar-refractivity contribution >= 4 is 11.9 Å². The Kier molecular flexibility index (Phi) is 16.4. The third kappa shape index (κ3) is 9.65. The van der Waals surface area contributed by atoms with Gasteiger partial charge in [-0.05, 0) is 103 Å². The maximum absolute atomic E-state index is 13.2. The zero-order chi connectivity index (χ0) is 56.4. The Balaban J connectivity index is 0.903. The van der Waals surface area contributed by atoms with E-state index in [0.29, 0.717) is 19.3 Å². The van der Waals surface area contributed by atoms with E-state index in [1.807, 2.05) is 13.8 Å². The molecule has 4 saturated heterocycles. The molecule has 14 N–H and O–H groups in total. The summed E-state index contributed by atoms with van der Waals surface area (Å²) in [6, 6.07) is 0. The quantitative estimate of drug-likeness (QED) is 0.0760. The molecule has 5 aliphatic carbocycles. The van der Waals surface area contributed by atoms with E-state index >= 15 is 0 Å². The number of ether oxygens (including phenoxy) is 8. The summed E-state index contributed by atoms with van der Waals surface area (Å²) in [4.78, 5) is 25.9. The Hall–Kier alpha value is -2.12. The second kappa shape index (κ2) is 21.3. The van der Waals surface area contributed by atoms with Crippen LogP contribution in [-0.4, -0.2) is 232 Å². The van der Waals surface area contributed by atoms with Crippen molar-refractivity contribution in [2.45, 2.75) is 235 Å². The fraction of sp³-hybridized carbons (Fsp3) is 0.925.